The number of rotatable bonds is 3. The second-order valence-electron chi connectivity index (χ2n) is 4.42. The molecule has 22 heavy (non-hydrogen) atoms. The highest BCUT2D eigenvalue weighted by Crippen LogP contribution is 2.36. The minimum atomic E-state index is -0.710. The van der Waals surface area contributed by atoms with Gasteiger partial charge < -0.3 is 4.74 Å². The van der Waals surface area contributed by atoms with Crippen LogP contribution in [-0.2, 0) is 0 Å². The van der Waals surface area contributed by atoms with Crippen molar-refractivity contribution in [2.24, 2.45) is 0 Å². The third-order valence-corrected chi connectivity index (χ3v) is 3.35. The number of nitro benzene ring substituents is 1. The molecule has 3 rings (SSSR count). The smallest absolute Gasteiger partial charge is 0.314 e. The largest absolute Gasteiger partial charge is 0.448 e. The summed E-state index contributed by atoms with van der Waals surface area (Å²) in [6.07, 6.45) is 1.56. The highest BCUT2D eigenvalue weighted by Gasteiger charge is 2.18. The van der Waals surface area contributed by atoms with Gasteiger partial charge in [-0.2, -0.15) is 0 Å². The number of aromatic nitrogens is 1. The Morgan fingerprint density at radius 3 is 2.73 bits per heavy atom. The molecule has 1 heterocycles. The van der Waals surface area contributed by atoms with Gasteiger partial charge in [0.2, 0.25) is 5.75 Å². The van der Waals surface area contributed by atoms with Crippen molar-refractivity contribution in [3.8, 4) is 11.5 Å². The van der Waals surface area contributed by atoms with Gasteiger partial charge in [-0.05, 0) is 36.4 Å². The van der Waals surface area contributed by atoms with Crippen LogP contribution in [0, 0.1) is 15.9 Å². The number of benzene rings is 2. The molecule has 1 aromatic heterocycles. The van der Waals surface area contributed by atoms with Crippen molar-refractivity contribution in [1.82, 2.24) is 4.98 Å². The monoisotopic (exact) mass is 318 g/mol. The van der Waals surface area contributed by atoms with Gasteiger partial charge in [0, 0.05) is 11.6 Å². The number of halogens is 2. The van der Waals surface area contributed by atoms with Crippen LogP contribution >= 0.6 is 11.6 Å². The van der Waals surface area contributed by atoms with Crippen LogP contribution in [0.15, 0.2) is 48.7 Å². The molecule has 0 bridgehead atoms. The van der Waals surface area contributed by atoms with Gasteiger partial charge in [0.15, 0.2) is 5.75 Å². The summed E-state index contributed by atoms with van der Waals surface area (Å²) in [7, 11) is 0. The quantitative estimate of drug-likeness (QED) is 0.517. The van der Waals surface area contributed by atoms with Gasteiger partial charge in [-0.1, -0.05) is 11.6 Å². The Balaban J connectivity index is 2.12. The third kappa shape index (κ3) is 2.56. The minimum Gasteiger partial charge on any atom is -0.448 e. The van der Waals surface area contributed by atoms with Crippen molar-refractivity contribution in [2.75, 3.05) is 0 Å². The first-order chi connectivity index (χ1) is 10.6. The molecule has 0 fully saturated rings. The summed E-state index contributed by atoms with van der Waals surface area (Å²) >= 11 is 6.08. The van der Waals surface area contributed by atoms with Crippen LogP contribution in [0.25, 0.3) is 10.9 Å². The first-order valence-corrected chi connectivity index (χ1v) is 6.59. The molecule has 7 heteroatoms. The molecule has 0 aliphatic carbocycles. The Labute approximate surface area is 129 Å². The Hall–Kier alpha value is -2.73. The number of fused-ring (bicyclic) bond motifs is 1. The van der Waals surface area contributed by atoms with Crippen molar-refractivity contribution < 1.29 is 14.1 Å². The molecule has 0 atom stereocenters. The van der Waals surface area contributed by atoms with Gasteiger partial charge in [-0.25, -0.2) is 4.39 Å². The molecule has 2 aromatic carbocycles. The summed E-state index contributed by atoms with van der Waals surface area (Å²) in [5.74, 6) is -0.478. The van der Waals surface area contributed by atoms with Gasteiger partial charge in [-0.15, -0.1) is 0 Å². The maximum Gasteiger partial charge on any atom is 0.314 e. The third-order valence-electron chi connectivity index (χ3n) is 3.02. The number of nitrogens with zero attached hydrogens (tertiary/aromatic N) is 2. The van der Waals surface area contributed by atoms with Gasteiger partial charge in [-0.3, -0.25) is 15.1 Å². The van der Waals surface area contributed by atoms with E-state index in [1.165, 1.54) is 6.07 Å². The average molecular weight is 319 g/mol. The molecule has 110 valence electrons. The maximum atomic E-state index is 13.2. The van der Waals surface area contributed by atoms with E-state index in [2.05, 4.69) is 4.98 Å². The van der Waals surface area contributed by atoms with Crippen LogP contribution in [-0.4, -0.2) is 9.91 Å². The predicted octanol–water partition coefficient (Wildman–Crippen LogP) is 4.73. The van der Waals surface area contributed by atoms with Crippen molar-refractivity contribution in [2.45, 2.75) is 0 Å². The second kappa shape index (κ2) is 5.57. The van der Waals surface area contributed by atoms with E-state index in [-0.39, 0.29) is 5.75 Å². The number of ether oxygens (including phenoxy) is 1. The fraction of sp³-hybridized carbons (Fsp3) is 0. The van der Waals surface area contributed by atoms with Gasteiger partial charge in [0.05, 0.1) is 16.0 Å². The fourth-order valence-electron chi connectivity index (χ4n) is 2.03. The van der Waals surface area contributed by atoms with Crippen LogP contribution in [0.4, 0.5) is 10.1 Å². The van der Waals surface area contributed by atoms with Crippen LogP contribution in [0.1, 0.15) is 0 Å². The van der Waals surface area contributed by atoms with E-state index in [1.54, 1.807) is 30.5 Å². The van der Waals surface area contributed by atoms with Crippen molar-refractivity contribution in [3.63, 3.8) is 0 Å². The van der Waals surface area contributed by atoms with Gasteiger partial charge in [0.1, 0.15) is 11.3 Å². The zero-order valence-corrected chi connectivity index (χ0v) is 11.7. The summed E-state index contributed by atoms with van der Waals surface area (Å²) in [5.41, 5.74) is 0.00709. The predicted molar refractivity (Wildman–Crippen MR) is 79.9 cm³/mol. The Morgan fingerprint density at radius 2 is 1.95 bits per heavy atom. The zero-order valence-electron chi connectivity index (χ0n) is 11.0. The molecular weight excluding hydrogens is 311 g/mol. The second-order valence-corrected chi connectivity index (χ2v) is 4.82. The average Bonchev–Trinajstić information content (AvgIpc) is 2.51. The van der Waals surface area contributed by atoms with E-state index in [0.717, 1.165) is 12.1 Å². The molecular formula is C15H8ClFN2O3. The maximum absolute atomic E-state index is 13.2. The van der Waals surface area contributed by atoms with Crippen LogP contribution < -0.4 is 4.74 Å². The Bertz CT molecular complexity index is 886. The molecule has 0 saturated heterocycles. The number of hydrogen-bond donors (Lipinski definition) is 0. The highest BCUT2D eigenvalue weighted by molar-refractivity contribution is 6.35. The topological polar surface area (TPSA) is 65.3 Å². The molecule has 5 nitrogen and oxygen atoms in total. The van der Waals surface area contributed by atoms with Crippen molar-refractivity contribution in [3.05, 3.63) is 69.6 Å². The number of hydrogen-bond acceptors (Lipinski definition) is 4. The fourth-order valence-corrected chi connectivity index (χ4v) is 2.25. The zero-order chi connectivity index (χ0) is 15.7. The minimum absolute atomic E-state index is 0.0688. The van der Waals surface area contributed by atoms with E-state index >= 15 is 0 Å². The summed E-state index contributed by atoms with van der Waals surface area (Å²) < 4.78 is 18.7. The lowest BCUT2D eigenvalue weighted by atomic mass is 10.2. The van der Waals surface area contributed by atoms with Gasteiger partial charge >= 0.3 is 5.69 Å². The van der Waals surface area contributed by atoms with E-state index in [9.17, 15) is 14.5 Å². The Kier molecular flexibility index (Phi) is 3.60. The molecule has 0 saturated carbocycles. The van der Waals surface area contributed by atoms with E-state index in [1.807, 2.05) is 0 Å². The molecule has 0 unspecified atom stereocenters. The molecule has 0 spiro atoms. The van der Waals surface area contributed by atoms with E-state index < -0.39 is 16.4 Å². The van der Waals surface area contributed by atoms with Crippen molar-refractivity contribution in [1.29, 1.82) is 0 Å². The molecule has 0 aliphatic rings. The molecule has 3 aromatic rings. The summed E-state index contributed by atoms with van der Waals surface area (Å²) in [6, 6.07) is 9.75. The molecule has 0 aliphatic heterocycles. The summed E-state index contributed by atoms with van der Waals surface area (Å²) in [5, 5.41) is 12.2. The first kappa shape index (κ1) is 14.2. The molecule has 0 amide bonds. The SMILES string of the molecule is O=[N+]([O-])c1cc(F)ccc1Oc1ccc(Cl)c2cccnc12. The Morgan fingerprint density at radius 1 is 1.18 bits per heavy atom. The molecule has 0 N–H and O–H groups in total. The normalized spacial score (nSPS) is 10.6. The summed E-state index contributed by atoms with van der Waals surface area (Å²) in [4.78, 5) is 14.5. The van der Waals surface area contributed by atoms with E-state index in [4.69, 9.17) is 16.3 Å². The lowest BCUT2D eigenvalue weighted by molar-refractivity contribution is -0.385. The van der Waals surface area contributed by atoms with Crippen LogP contribution in [0.3, 0.4) is 0 Å². The number of pyridine rings is 1. The highest BCUT2D eigenvalue weighted by atomic mass is 35.5. The van der Waals surface area contributed by atoms with Gasteiger partial charge in [0.25, 0.3) is 0 Å². The lowest BCUT2D eigenvalue weighted by Crippen LogP contribution is -1.95. The summed E-state index contributed by atoms with van der Waals surface area (Å²) in [6.45, 7) is 0. The van der Waals surface area contributed by atoms with E-state index in [0.29, 0.717) is 21.7 Å². The number of nitro groups is 1. The first-order valence-electron chi connectivity index (χ1n) is 6.21. The van der Waals surface area contributed by atoms with Crippen molar-refractivity contribution >= 4 is 28.2 Å². The standard InChI is InChI=1S/C15H8ClFN2O3/c16-11-4-6-14(15-10(11)2-1-7-18-15)22-13-5-3-9(17)8-12(13)19(20)21/h1-8H. The van der Waals surface area contributed by atoms with Crippen LogP contribution in [0.5, 0.6) is 11.5 Å². The van der Waals surface area contributed by atoms with Crippen LogP contribution in [0.2, 0.25) is 5.02 Å². The lowest BCUT2D eigenvalue weighted by Gasteiger charge is -2.09. The molecule has 0 radical (unpaired) electrons.